The van der Waals surface area contributed by atoms with Crippen molar-refractivity contribution in [2.75, 3.05) is 25.5 Å². The van der Waals surface area contributed by atoms with E-state index >= 15 is 0 Å². The third-order valence-electron chi connectivity index (χ3n) is 4.89. The van der Waals surface area contributed by atoms with Crippen LogP contribution in [-0.2, 0) is 10.2 Å². The van der Waals surface area contributed by atoms with Crippen molar-refractivity contribution in [2.24, 2.45) is 0 Å². The molecular formula is C20H25N3O4S. The number of rotatable bonds is 4. The number of hydrogen-bond donors (Lipinski definition) is 0. The van der Waals surface area contributed by atoms with Crippen molar-refractivity contribution in [3.05, 3.63) is 29.7 Å². The Hall–Kier alpha value is -2.22. The summed E-state index contributed by atoms with van der Waals surface area (Å²) in [6.45, 7) is 7.94. The largest absolute Gasteiger partial charge is 0.486 e. The Morgan fingerprint density at radius 1 is 1.21 bits per heavy atom. The molecule has 7 nitrogen and oxygen atoms in total. The van der Waals surface area contributed by atoms with Gasteiger partial charge in [0.1, 0.15) is 13.2 Å². The lowest BCUT2D eigenvalue weighted by molar-refractivity contribution is -0.129. The van der Waals surface area contributed by atoms with Crippen molar-refractivity contribution in [2.45, 2.75) is 50.3 Å². The van der Waals surface area contributed by atoms with Gasteiger partial charge in [-0.25, -0.2) is 0 Å². The van der Waals surface area contributed by atoms with Crippen LogP contribution in [0.4, 0.5) is 0 Å². The fourth-order valence-corrected chi connectivity index (χ4v) is 4.11. The first kappa shape index (κ1) is 19.1. The van der Waals surface area contributed by atoms with E-state index < -0.39 is 0 Å². The van der Waals surface area contributed by atoms with Crippen LogP contribution in [0, 0.1) is 0 Å². The average Bonchev–Trinajstić information content (AvgIpc) is 3.35. The minimum atomic E-state index is -0.200. The second kappa shape index (κ2) is 7.66. The standard InChI is InChI=1S/C20H25N3O4S/c1-20(2,3)18-21-22-19(27-18)28-12-17(24)23-8-4-5-14(23)13-6-7-15-16(11-13)26-10-9-25-15/h6-7,11,14H,4-5,8-10,12H2,1-3H3/t14-/m0/s1. The highest BCUT2D eigenvalue weighted by molar-refractivity contribution is 7.99. The van der Waals surface area contributed by atoms with Gasteiger partial charge < -0.3 is 18.8 Å². The summed E-state index contributed by atoms with van der Waals surface area (Å²) >= 11 is 1.30. The molecular weight excluding hydrogens is 378 g/mol. The van der Waals surface area contributed by atoms with Crippen molar-refractivity contribution in [1.29, 1.82) is 0 Å². The molecule has 2 aliphatic rings. The van der Waals surface area contributed by atoms with Gasteiger partial charge in [0.25, 0.3) is 5.22 Å². The van der Waals surface area contributed by atoms with Crippen LogP contribution in [-0.4, -0.2) is 46.5 Å². The number of carbonyl (C=O) groups is 1. The van der Waals surface area contributed by atoms with Gasteiger partial charge in [-0.3, -0.25) is 4.79 Å². The number of ether oxygens (including phenoxy) is 2. The van der Waals surface area contributed by atoms with Crippen molar-refractivity contribution < 1.29 is 18.7 Å². The molecule has 4 rings (SSSR count). The summed E-state index contributed by atoms with van der Waals surface area (Å²) in [4.78, 5) is 14.8. The Bertz CT molecular complexity index is 861. The van der Waals surface area contributed by atoms with E-state index in [0.717, 1.165) is 36.4 Å². The first-order valence-electron chi connectivity index (χ1n) is 9.57. The molecule has 0 radical (unpaired) electrons. The normalized spacial score (nSPS) is 19.1. The molecule has 0 aliphatic carbocycles. The minimum absolute atomic E-state index is 0.0664. The van der Waals surface area contributed by atoms with Crippen LogP contribution in [0.5, 0.6) is 11.5 Å². The predicted octanol–water partition coefficient (Wildman–Crippen LogP) is 3.59. The van der Waals surface area contributed by atoms with Gasteiger partial charge in [0, 0.05) is 12.0 Å². The van der Waals surface area contributed by atoms with E-state index in [1.807, 2.05) is 43.9 Å². The molecule has 1 aromatic carbocycles. The molecule has 0 spiro atoms. The Morgan fingerprint density at radius 3 is 2.75 bits per heavy atom. The Labute approximate surface area is 168 Å². The van der Waals surface area contributed by atoms with E-state index in [2.05, 4.69) is 10.2 Å². The summed E-state index contributed by atoms with van der Waals surface area (Å²) in [7, 11) is 0. The van der Waals surface area contributed by atoms with Crippen LogP contribution in [0.2, 0.25) is 0 Å². The van der Waals surface area contributed by atoms with Crippen molar-refractivity contribution in [1.82, 2.24) is 15.1 Å². The summed E-state index contributed by atoms with van der Waals surface area (Å²) < 4.78 is 17.0. The second-order valence-electron chi connectivity index (χ2n) is 8.06. The number of amides is 1. The number of hydrogen-bond acceptors (Lipinski definition) is 7. The molecule has 0 N–H and O–H groups in total. The van der Waals surface area contributed by atoms with E-state index in [0.29, 0.717) is 24.3 Å². The van der Waals surface area contributed by atoms with Gasteiger partial charge in [-0.15, -0.1) is 10.2 Å². The Morgan fingerprint density at radius 2 is 2.00 bits per heavy atom. The van der Waals surface area contributed by atoms with Crippen molar-refractivity contribution >= 4 is 17.7 Å². The molecule has 1 atom stereocenters. The number of carbonyl (C=O) groups excluding carboxylic acids is 1. The van der Waals surface area contributed by atoms with Gasteiger partial charge in [-0.05, 0) is 30.5 Å². The fourth-order valence-electron chi connectivity index (χ4n) is 3.46. The lowest BCUT2D eigenvalue weighted by Gasteiger charge is -2.26. The van der Waals surface area contributed by atoms with Crippen LogP contribution < -0.4 is 9.47 Å². The molecule has 1 amide bonds. The monoisotopic (exact) mass is 403 g/mol. The minimum Gasteiger partial charge on any atom is -0.486 e. The van der Waals surface area contributed by atoms with E-state index in [-0.39, 0.29) is 23.1 Å². The number of likely N-dealkylation sites (tertiary alicyclic amines) is 1. The van der Waals surface area contributed by atoms with E-state index in [4.69, 9.17) is 13.9 Å². The number of nitrogens with zero attached hydrogens (tertiary/aromatic N) is 3. The van der Waals surface area contributed by atoms with Crippen molar-refractivity contribution in [3.8, 4) is 11.5 Å². The zero-order valence-electron chi connectivity index (χ0n) is 16.4. The van der Waals surface area contributed by atoms with Crippen LogP contribution in [0.15, 0.2) is 27.8 Å². The maximum absolute atomic E-state index is 12.9. The smallest absolute Gasteiger partial charge is 0.277 e. The molecule has 1 saturated heterocycles. The topological polar surface area (TPSA) is 77.7 Å². The molecule has 8 heteroatoms. The fraction of sp³-hybridized carbons (Fsp3) is 0.550. The number of fused-ring (bicyclic) bond motifs is 1. The van der Waals surface area contributed by atoms with Crippen LogP contribution in [0.1, 0.15) is 51.1 Å². The predicted molar refractivity (Wildman–Crippen MR) is 105 cm³/mol. The third kappa shape index (κ3) is 3.97. The summed E-state index contributed by atoms with van der Waals surface area (Å²) in [5.41, 5.74) is 0.890. The number of aromatic nitrogens is 2. The Kier molecular flexibility index (Phi) is 5.23. The van der Waals surface area contributed by atoms with Gasteiger partial charge in [-0.2, -0.15) is 0 Å². The summed E-state index contributed by atoms with van der Waals surface area (Å²) in [5.74, 6) is 2.48. The lowest BCUT2D eigenvalue weighted by Crippen LogP contribution is -2.32. The molecule has 3 heterocycles. The lowest BCUT2D eigenvalue weighted by atomic mass is 9.97. The summed E-state index contributed by atoms with van der Waals surface area (Å²) in [5, 5.41) is 8.57. The van der Waals surface area contributed by atoms with Crippen LogP contribution in [0.3, 0.4) is 0 Å². The number of thioether (sulfide) groups is 1. The van der Waals surface area contributed by atoms with Crippen LogP contribution in [0.25, 0.3) is 0 Å². The highest BCUT2D eigenvalue weighted by atomic mass is 32.2. The third-order valence-corrected chi connectivity index (χ3v) is 5.69. The molecule has 1 aromatic heterocycles. The molecule has 2 aromatic rings. The van der Waals surface area contributed by atoms with E-state index in [1.165, 1.54) is 11.8 Å². The summed E-state index contributed by atoms with van der Waals surface area (Å²) in [6, 6.07) is 6.04. The molecule has 1 fully saturated rings. The first-order valence-corrected chi connectivity index (χ1v) is 10.6. The quantitative estimate of drug-likeness (QED) is 0.722. The maximum Gasteiger partial charge on any atom is 0.277 e. The van der Waals surface area contributed by atoms with Gasteiger partial charge in [0.2, 0.25) is 11.8 Å². The molecule has 28 heavy (non-hydrogen) atoms. The average molecular weight is 404 g/mol. The van der Waals surface area contributed by atoms with Gasteiger partial charge in [-0.1, -0.05) is 38.6 Å². The van der Waals surface area contributed by atoms with Crippen LogP contribution >= 0.6 is 11.8 Å². The van der Waals surface area contributed by atoms with Crippen molar-refractivity contribution in [3.63, 3.8) is 0 Å². The number of benzene rings is 1. The SMILES string of the molecule is CC(C)(C)c1nnc(SCC(=O)N2CCC[C@H]2c2ccc3c(c2)OCCO3)o1. The second-order valence-corrected chi connectivity index (χ2v) is 8.99. The first-order chi connectivity index (χ1) is 13.4. The molecule has 0 saturated carbocycles. The Balaban J connectivity index is 1.42. The van der Waals surface area contributed by atoms with E-state index in [9.17, 15) is 4.79 Å². The van der Waals surface area contributed by atoms with Gasteiger partial charge in [0.15, 0.2) is 11.5 Å². The van der Waals surface area contributed by atoms with Gasteiger partial charge >= 0.3 is 0 Å². The highest BCUT2D eigenvalue weighted by Gasteiger charge is 2.31. The zero-order chi connectivity index (χ0) is 19.7. The molecule has 0 unspecified atom stereocenters. The maximum atomic E-state index is 12.9. The summed E-state index contributed by atoms with van der Waals surface area (Å²) in [6.07, 6.45) is 1.94. The zero-order valence-corrected chi connectivity index (χ0v) is 17.3. The molecule has 2 aliphatic heterocycles. The molecule has 0 bridgehead atoms. The molecule has 150 valence electrons. The van der Waals surface area contributed by atoms with Gasteiger partial charge in [0.05, 0.1) is 11.8 Å². The van der Waals surface area contributed by atoms with E-state index in [1.54, 1.807) is 0 Å². The highest BCUT2D eigenvalue weighted by Crippen LogP contribution is 2.38.